The minimum Gasteiger partial charge on any atom is -0.544 e. The Hall–Kier alpha value is -1.07. The van der Waals surface area contributed by atoms with E-state index in [1.165, 1.54) is 19.3 Å². The predicted octanol–water partition coefficient (Wildman–Crippen LogP) is 1.74. The van der Waals surface area contributed by atoms with Crippen LogP contribution in [0.15, 0.2) is 15.2 Å². The molecular formula is C15H17Cl2N2O3-. The van der Waals surface area contributed by atoms with Gasteiger partial charge in [-0.15, -0.1) is 0 Å². The maximum Gasteiger partial charge on any atom is 0.246 e. The second-order valence-corrected chi connectivity index (χ2v) is 7.63. The maximum absolute atomic E-state index is 12.5. The number of nitrogens with one attached hydrogen (secondary N) is 1. The third kappa shape index (κ3) is 2.88. The van der Waals surface area contributed by atoms with Crippen LogP contribution in [-0.4, -0.2) is 18.1 Å². The van der Waals surface area contributed by atoms with Crippen molar-refractivity contribution in [2.24, 2.45) is 28.3 Å². The number of halogens is 2. The largest absolute Gasteiger partial charge is 0.544 e. The molecule has 1 amide bonds. The van der Waals surface area contributed by atoms with Crippen molar-refractivity contribution >= 4 is 41.3 Å². The average Bonchev–Trinajstić information content (AvgIpc) is 2.44. The number of aliphatic carboxylic acids is 1. The van der Waals surface area contributed by atoms with E-state index in [1.54, 1.807) is 0 Å². The van der Waals surface area contributed by atoms with Crippen molar-refractivity contribution in [2.75, 3.05) is 0 Å². The predicted molar refractivity (Wildman–Crippen MR) is 81.0 cm³/mol. The third-order valence-corrected chi connectivity index (χ3v) is 5.99. The number of carboxylic acid groups (broad SMARTS) is 1. The van der Waals surface area contributed by atoms with Crippen LogP contribution in [0.25, 0.3) is 0 Å². The Bertz CT molecular complexity index is 536. The molecule has 22 heavy (non-hydrogen) atoms. The number of nitrogens with zero attached hydrogens (tertiary/aromatic N) is 1. The molecule has 4 aliphatic carbocycles. The highest BCUT2D eigenvalue weighted by atomic mass is 35.5. The van der Waals surface area contributed by atoms with E-state index in [4.69, 9.17) is 23.2 Å². The number of carbonyl (C=O) groups excluding carboxylic acids is 2. The molecule has 0 aliphatic heterocycles. The molecule has 4 fully saturated rings. The minimum absolute atomic E-state index is 0.0862. The van der Waals surface area contributed by atoms with E-state index in [2.05, 4.69) is 10.5 Å². The van der Waals surface area contributed by atoms with Gasteiger partial charge in [-0.3, -0.25) is 4.79 Å². The lowest BCUT2D eigenvalue weighted by molar-refractivity contribution is -0.298. The van der Waals surface area contributed by atoms with Crippen LogP contribution in [0.2, 0.25) is 0 Å². The number of allylic oxidation sites excluding steroid dienone is 1. The zero-order valence-electron chi connectivity index (χ0n) is 12.0. The Labute approximate surface area is 138 Å². The zero-order chi connectivity index (χ0) is 15.9. The van der Waals surface area contributed by atoms with Gasteiger partial charge in [0.15, 0.2) is 0 Å². The van der Waals surface area contributed by atoms with Crippen molar-refractivity contribution in [2.45, 2.75) is 38.5 Å². The molecule has 120 valence electrons. The Morgan fingerprint density at radius 1 is 1.09 bits per heavy atom. The van der Waals surface area contributed by atoms with Gasteiger partial charge < -0.3 is 9.90 Å². The first-order valence-corrected chi connectivity index (χ1v) is 8.25. The van der Waals surface area contributed by atoms with Crippen LogP contribution in [0.1, 0.15) is 38.5 Å². The second-order valence-electron chi connectivity index (χ2n) is 6.85. The molecule has 0 aromatic heterocycles. The lowest BCUT2D eigenvalue weighted by atomic mass is 9.49. The van der Waals surface area contributed by atoms with Crippen molar-refractivity contribution in [3.63, 3.8) is 0 Å². The quantitative estimate of drug-likeness (QED) is 0.479. The van der Waals surface area contributed by atoms with E-state index in [0.29, 0.717) is 17.8 Å². The maximum atomic E-state index is 12.5. The van der Waals surface area contributed by atoms with E-state index in [0.717, 1.165) is 25.5 Å². The highest BCUT2D eigenvalue weighted by Gasteiger charge is 2.54. The molecule has 0 spiro atoms. The number of hydrogen-bond donors (Lipinski definition) is 1. The van der Waals surface area contributed by atoms with Gasteiger partial charge in [-0.25, -0.2) is 5.43 Å². The van der Waals surface area contributed by atoms with E-state index in [9.17, 15) is 14.7 Å². The molecule has 5 nitrogen and oxygen atoms in total. The van der Waals surface area contributed by atoms with E-state index in [1.807, 2.05) is 0 Å². The highest BCUT2D eigenvalue weighted by Crippen LogP contribution is 2.60. The smallest absolute Gasteiger partial charge is 0.246 e. The van der Waals surface area contributed by atoms with Crippen molar-refractivity contribution in [1.29, 1.82) is 0 Å². The standard InChI is InChI=1S/C15H18Cl2N2O3/c16-11(12(17)13(20)21)7-18-19-14(22)15-4-8-1-9(5-15)3-10(2-8)6-15/h7-10H,1-6H2,(H,19,22)(H,20,21)/p-1/b12-11+,18-7-. The molecule has 0 unspecified atom stereocenters. The molecule has 0 radical (unpaired) electrons. The van der Waals surface area contributed by atoms with Gasteiger partial charge in [0.2, 0.25) is 5.91 Å². The highest BCUT2D eigenvalue weighted by molar-refractivity contribution is 6.51. The molecule has 0 heterocycles. The summed E-state index contributed by atoms with van der Waals surface area (Å²) in [5, 5.41) is 13.4. The van der Waals surface area contributed by atoms with Gasteiger partial charge in [-0.05, 0) is 56.3 Å². The van der Waals surface area contributed by atoms with Crippen LogP contribution in [-0.2, 0) is 9.59 Å². The molecule has 4 rings (SSSR count). The van der Waals surface area contributed by atoms with Gasteiger partial charge in [0.05, 0.1) is 27.7 Å². The lowest BCUT2D eigenvalue weighted by Crippen LogP contribution is -2.52. The molecule has 7 heteroatoms. The van der Waals surface area contributed by atoms with Crippen LogP contribution < -0.4 is 10.5 Å². The van der Waals surface area contributed by atoms with Gasteiger partial charge in [-0.2, -0.15) is 5.10 Å². The normalized spacial score (nSPS) is 37.3. The average molecular weight is 344 g/mol. The molecule has 1 N–H and O–H groups in total. The number of amides is 1. The summed E-state index contributed by atoms with van der Waals surface area (Å²) >= 11 is 11.1. The number of hydrazone groups is 1. The molecule has 0 aromatic carbocycles. The van der Waals surface area contributed by atoms with Gasteiger partial charge in [0.25, 0.3) is 0 Å². The molecule has 0 aromatic rings. The Morgan fingerprint density at radius 3 is 2.05 bits per heavy atom. The molecule has 4 bridgehead atoms. The van der Waals surface area contributed by atoms with Crippen molar-refractivity contribution in [3.8, 4) is 0 Å². The summed E-state index contributed by atoms with van der Waals surface area (Å²) in [6, 6.07) is 0. The van der Waals surface area contributed by atoms with Gasteiger partial charge >= 0.3 is 0 Å². The van der Waals surface area contributed by atoms with Crippen LogP contribution in [0.3, 0.4) is 0 Å². The Balaban J connectivity index is 1.65. The summed E-state index contributed by atoms with van der Waals surface area (Å²) in [7, 11) is 0. The number of hydrogen-bond acceptors (Lipinski definition) is 4. The van der Waals surface area contributed by atoms with E-state index in [-0.39, 0.29) is 16.4 Å². The third-order valence-electron chi connectivity index (χ3n) is 5.25. The summed E-state index contributed by atoms with van der Waals surface area (Å²) in [4.78, 5) is 23.1. The Kier molecular flexibility index (Phi) is 4.21. The fourth-order valence-corrected chi connectivity index (χ4v) is 4.98. The SMILES string of the molecule is O=C([O-])/C(Cl)=C(Cl)/C=N\NC(=O)C12CC3CC(CC(C3)C1)C2. The fraction of sp³-hybridized carbons (Fsp3) is 0.667. The second kappa shape index (κ2) is 5.85. The first-order valence-electron chi connectivity index (χ1n) is 7.50. The molecule has 4 aliphatic rings. The lowest BCUT2D eigenvalue weighted by Gasteiger charge is -2.55. The van der Waals surface area contributed by atoms with Gasteiger partial charge in [-0.1, -0.05) is 23.2 Å². The monoisotopic (exact) mass is 343 g/mol. The first-order chi connectivity index (χ1) is 10.4. The van der Waals surface area contributed by atoms with Crippen LogP contribution >= 0.6 is 23.2 Å². The number of carboxylic acids is 1. The summed E-state index contributed by atoms with van der Waals surface area (Å²) in [6.45, 7) is 0. The molecule has 4 saturated carbocycles. The molecular weight excluding hydrogens is 327 g/mol. The van der Waals surface area contributed by atoms with Crippen LogP contribution in [0.4, 0.5) is 0 Å². The van der Waals surface area contributed by atoms with Gasteiger partial charge in [0.1, 0.15) is 0 Å². The van der Waals surface area contributed by atoms with Crippen molar-refractivity contribution < 1.29 is 14.7 Å². The van der Waals surface area contributed by atoms with E-state index >= 15 is 0 Å². The zero-order valence-corrected chi connectivity index (χ0v) is 13.5. The molecule has 0 saturated heterocycles. The number of carbonyl (C=O) groups is 2. The fourth-order valence-electron chi connectivity index (χ4n) is 4.81. The van der Waals surface area contributed by atoms with Crippen molar-refractivity contribution in [1.82, 2.24) is 5.43 Å². The van der Waals surface area contributed by atoms with Crippen LogP contribution in [0.5, 0.6) is 0 Å². The molecule has 0 atom stereocenters. The summed E-state index contributed by atoms with van der Waals surface area (Å²) in [5.74, 6) is 0.327. The number of rotatable bonds is 4. The Morgan fingerprint density at radius 2 is 1.59 bits per heavy atom. The first kappa shape index (κ1) is 15.8. The summed E-state index contributed by atoms with van der Waals surface area (Å²) in [6.07, 6.45) is 7.60. The summed E-state index contributed by atoms with van der Waals surface area (Å²) in [5.41, 5.74) is 2.20. The van der Waals surface area contributed by atoms with Crippen LogP contribution in [0, 0.1) is 23.2 Å². The summed E-state index contributed by atoms with van der Waals surface area (Å²) < 4.78 is 0. The minimum atomic E-state index is -1.58. The van der Waals surface area contributed by atoms with Gasteiger partial charge in [0, 0.05) is 0 Å². The van der Waals surface area contributed by atoms with E-state index < -0.39 is 11.0 Å². The van der Waals surface area contributed by atoms with Crippen molar-refractivity contribution in [3.05, 3.63) is 10.1 Å². The topological polar surface area (TPSA) is 81.6 Å².